The smallest absolute Gasteiger partial charge is 0.268 e. The van der Waals surface area contributed by atoms with Gasteiger partial charge in [-0.1, -0.05) is 48.5 Å². The monoisotopic (exact) mass is 364 g/mol. The first-order valence-corrected chi connectivity index (χ1v) is 10.1. The van der Waals surface area contributed by atoms with Gasteiger partial charge in [-0.2, -0.15) is 0 Å². The molecule has 0 unspecified atom stereocenters. The molecule has 4 nitrogen and oxygen atoms in total. The van der Waals surface area contributed by atoms with Gasteiger partial charge in [-0.05, 0) is 24.5 Å². The summed E-state index contributed by atoms with van der Waals surface area (Å²) in [7, 11) is 0. The zero-order valence-corrected chi connectivity index (χ0v) is 15.2. The van der Waals surface area contributed by atoms with Crippen LogP contribution in [-0.4, -0.2) is 29.0 Å². The van der Waals surface area contributed by atoms with Crippen LogP contribution in [0, 0.1) is 5.92 Å². The number of rotatable bonds is 3. The predicted octanol–water partition coefficient (Wildman–Crippen LogP) is 3.37. The van der Waals surface area contributed by atoms with Gasteiger partial charge in [0.25, 0.3) is 5.91 Å². The van der Waals surface area contributed by atoms with E-state index in [4.69, 9.17) is 0 Å². The molecule has 132 valence electrons. The van der Waals surface area contributed by atoms with Crippen molar-refractivity contribution < 1.29 is 9.59 Å². The van der Waals surface area contributed by atoms with Crippen LogP contribution in [-0.2, 0) is 21.0 Å². The second-order valence-corrected chi connectivity index (χ2v) is 8.44. The molecule has 2 fully saturated rings. The number of anilines is 1. The molecular weight excluding hydrogens is 344 g/mol. The van der Waals surface area contributed by atoms with E-state index >= 15 is 0 Å². The lowest BCUT2D eigenvalue weighted by molar-refractivity contribution is -0.141. The molecule has 0 N–H and O–H groups in total. The molecule has 1 spiro atoms. The third kappa shape index (κ3) is 2.23. The summed E-state index contributed by atoms with van der Waals surface area (Å²) in [4.78, 5) is 29.4. The van der Waals surface area contributed by atoms with Crippen molar-refractivity contribution in [3.63, 3.8) is 0 Å². The van der Waals surface area contributed by atoms with E-state index in [0.29, 0.717) is 13.1 Å². The number of amides is 2. The Morgan fingerprint density at radius 2 is 1.81 bits per heavy atom. The van der Waals surface area contributed by atoms with Crippen LogP contribution in [0.2, 0.25) is 0 Å². The lowest BCUT2D eigenvalue weighted by atomic mass is 10.1. The van der Waals surface area contributed by atoms with E-state index < -0.39 is 4.87 Å². The molecule has 0 bridgehead atoms. The van der Waals surface area contributed by atoms with Crippen molar-refractivity contribution >= 4 is 29.3 Å². The molecular formula is C21H20N2O2S. The molecule has 2 aromatic rings. The summed E-state index contributed by atoms with van der Waals surface area (Å²) in [6, 6.07) is 18.0. The summed E-state index contributed by atoms with van der Waals surface area (Å²) in [5.74, 6) is 1.10. The Bertz CT molecular complexity index is 881. The number of nitrogens with zero attached hydrogens (tertiary/aromatic N) is 2. The van der Waals surface area contributed by atoms with E-state index in [0.717, 1.165) is 35.4 Å². The molecule has 2 aromatic carbocycles. The largest absolute Gasteiger partial charge is 0.315 e. The Kier molecular flexibility index (Phi) is 3.60. The molecule has 1 saturated heterocycles. The fraction of sp³-hybridized carbons (Fsp3) is 0.333. The fourth-order valence-corrected chi connectivity index (χ4v) is 5.53. The van der Waals surface area contributed by atoms with Crippen molar-refractivity contribution in [1.82, 2.24) is 4.90 Å². The zero-order chi connectivity index (χ0) is 17.7. The summed E-state index contributed by atoms with van der Waals surface area (Å²) in [6.45, 7) is 1.18. The highest BCUT2D eigenvalue weighted by atomic mass is 32.2. The second kappa shape index (κ2) is 5.88. The van der Waals surface area contributed by atoms with Crippen molar-refractivity contribution in [2.45, 2.75) is 24.3 Å². The number of carbonyl (C=O) groups is 2. The molecule has 1 saturated carbocycles. The van der Waals surface area contributed by atoms with E-state index in [1.165, 1.54) is 0 Å². The van der Waals surface area contributed by atoms with Gasteiger partial charge < -0.3 is 9.80 Å². The highest BCUT2D eigenvalue weighted by Gasteiger charge is 2.60. The first kappa shape index (κ1) is 15.9. The third-order valence-electron chi connectivity index (χ3n) is 5.48. The third-order valence-corrected chi connectivity index (χ3v) is 6.90. The highest BCUT2D eigenvalue weighted by molar-refractivity contribution is 8.01. The van der Waals surface area contributed by atoms with Gasteiger partial charge in [-0.15, -0.1) is 11.8 Å². The topological polar surface area (TPSA) is 40.6 Å². The average molecular weight is 364 g/mol. The number of hydrogen-bond donors (Lipinski definition) is 0. The van der Waals surface area contributed by atoms with Crippen molar-refractivity contribution in [2.24, 2.45) is 5.92 Å². The van der Waals surface area contributed by atoms with E-state index in [-0.39, 0.29) is 17.7 Å². The van der Waals surface area contributed by atoms with Gasteiger partial charge in [0.15, 0.2) is 4.87 Å². The summed E-state index contributed by atoms with van der Waals surface area (Å²) < 4.78 is 0. The second-order valence-electron chi connectivity index (χ2n) is 7.15. The molecule has 2 aliphatic heterocycles. The van der Waals surface area contributed by atoms with Gasteiger partial charge in [0.05, 0.1) is 12.2 Å². The molecule has 2 amide bonds. The van der Waals surface area contributed by atoms with Crippen molar-refractivity contribution in [1.29, 1.82) is 0 Å². The first-order chi connectivity index (χ1) is 12.7. The van der Waals surface area contributed by atoms with Crippen LogP contribution in [0.4, 0.5) is 5.69 Å². The maximum absolute atomic E-state index is 13.7. The molecule has 3 aliphatic rings. The van der Waals surface area contributed by atoms with Gasteiger partial charge >= 0.3 is 0 Å². The van der Waals surface area contributed by atoms with Crippen LogP contribution >= 0.6 is 11.8 Å². The molecule has 1 aliphatic carbocycles. The Morgan fingerprint density at radius 3 is 2.58 bits per heavy atom. The van der Waals surface area contributed by atoms with Gasteiger partial charge in [-0.25, -0.2) is 0 Å². The predicted molar refractivity (Wildman–Crippen MR) is 103 cm³/mol. The maximum atomic E-state index is 13.7. The van der Waals surface area contributed by atoms with Crippen LogP contribution in [0.1, 0.15) is 24.0 Å². The minimum atomic E-state index is -0.870. The lowest BCUT2D eigenvalue weighted by Crippen LogP contribution is -2.50. The summed E-state index contributed by atoms with van der Waals surface area (Å²) in [5.41, 5.74) is 3.00. The molecule has 5 heteroatoms. The Morgan fingerprint density at radius 1 is 1.08 bits per heavy atom. The van der Waals surface area contributed by atoms with E-state index in [2.05, 4.69) is 0 Å². The van der Waals surface area contributed by atoms with Crippen molar-refractivity contribution in [3.8, 4) is 0 Å². The number of benzene rings is 2. The van der Waals surface area contributed by atoms with Gasteiger partial charge in [0, 0.05) is 23.8 Å². The van der Waals surface area contributed by atoms with Crippen molar-refractivity contribution in [3.05, 3.63) is 65.7 Å². The molecule has 0 aromatic heterocycles. The SMILES string of the molecule is O=C(C1CC1)N1CCS[C@]12C(=O)N(Cc1ccccc1)c1ccccc12. The molecule has 2 heterocycles. The van der Waals surface area contributed by atoms with Crippen LogP contribution in [0.5, 0.6) is 0 Å². The number of para-hydroxylation sites is 1. The lowest BCUT2D eigenvalue weighted by Gasteiger charge is -2.33. The standard InChI is InChI=1S/C21H20N2O2S/c24-19(16-10-11-16)23-12-13-26-21(23)17-8-4-5-9-18(17)22(20(21)25)14-15-6-2-1-3-7-15/h1-9,16H,10-14H2/t21-/m1/s1. The van der Waals surface area contributed by atoms with Gasteiger partial charge in [0.1, 0.15) is 0 Å². The summed E-state index contributed by atoms with van der Waals surface area (Å²) in [6.07, 6.45) is 1.92. The number of carbonyl (C=O) groups excluding carboxylic acids is 2. The van der Waals surface area contributed by atoms with Crippen LogP contribution < -0.4 is 4.90 Å². The van der Waals surface area contributed by atoms with Crippen LogP contribution in [0.3, 0.4) is 0 Å². The fourth-order valence-electron chi connectivity index (χ4n) is 4.06. The quantitative estimate of drug-likeness (QED) is 0.838. The summed E-state index contributed by atoms with van der Waals surface area (Å²) >= 11 is 1.61. The molecule has 0 radical (unpaired) electrons. The Hall–Kier alpha value is -2.27. The van der Waals surface area contributed by atoms with Gasteiger partial charge in [0.2, 0.25) is 5.91 Å². The highest BCUT2D eigenvalue weighted by Crippen LogP contribution is 2.55. The average Bonchev–Trinajstić information content (AvgIpc) is 3.40. The van der Waals surface area contributed by atoms with E-state index in [9.17, 15) is 9.59 Å². The minimum Gasteiger partial charge on any atom is -0.315 e. The van der Waals surface area contributed by atoms with Gasteiger partial charge in [-0.3, -0.25) is 9.59 Å². The summed E-state index contributed by atoms with van der Waals surface area (Å²) in [5, 5.41) is 0. The first-order valence-electron chi connectivity index (χ1n) is 9.12. The molecule has 26 heavy (non-hydrogen) atoms. The zero-order valence-electron chi connectivity index (χ0n) is 14.4. The number of fused-ring (bicyclic) bond motifs is 2. The number of hydrogen-bond acceptors (Lipinski definition) is 3. The van der Waals surface area contributed by atoms with E-state index in [1.807, 2.05) is 64.4 Å². The Balaban J connectivity index is 1.58. The minimum absolute atomic E-state index is 0.0269. The normalized spacial score (nSPS) is 24.4. The van der Waals surface area contributed by atoms with Crippen LogP contribution in [0.15, 0.2) is 54.6 Å². The van der Waals surface area contributed by atoms with E-state index in [1.54, 1.807) is 11.8 Å². The maximum Gasteiger partial charge on any atom is 0.268 e. The molecule has 5 rings (SSSR count). The van der Waals surface area contributed by atoms with Crippen LogP contribution in [0.25, 0.3) is 0 Å². The number of thioether (sulfide) groups is 1. The van der Waals surface area contributed by atoms with Crippen molar-refractivity contribution in [2.75, 3.05) is 17.2 Å². The Labute approximate surface area is 157 Å². The molecule has 1 atom stereocenters.